The quantitative estimate of drug-likeness (QED) is 0.176. The summed E-state index contributed by atoms with van der Waals surface area (Å²) >= 11 is 0. The zero-order chi connectivity index (χ0) is 22.3. The summed E-state index contributed by atoms with van der Waals surface area (Å²) < 4.78 is 0. The lowest BCUT2D eigenvalue weighted by molar-refractivity contribution is -0.132. The number of hydrogen-bond donors (Lipinski definition) is 3. The third-order valence-electron chi connectivity index (χ3n) is 6.26. The molecule has 0 radical (unpaired) electrons. The highest BCUT2D eigenvalue weighted by Gasteiger charge is 2.19. The Morgan fingerprint density at radius 3 is 2.70 bits per heavy atom. The highest BCUT2D eigenvalue weighted by atomic mass is 127. The number of fused-ring (bicyclic) bond motifs is 2. The normalized spacial score (nSPS) is 13.4. The molecule has 0 unspecified atom stereocenters. The Morgan fingerprint density at radius 1 is 1.09 bits per heavy atom. The van der Waals surface area contributed by atoms with E-state index in [-0.39, 0.29) is 29.9 Å². The number of para-hydroxylation sites is 1. The molecule has 1 amide bonds. The van der Waals surface area contributed by atoms with Crippen LogP contribution in [-0.4, -0.2) is 48.4 Å². The number of aromatic nitrogens is 1. The van der Waals surface area contributed by atoms with E-state index in [1.165, 1.54) is 33.2 Å². The molecular weight excluding hydrogens is 525 g/mol. The van der Waals surface area contributed by atoms with Gasteiger partial charge in [-0.2, -0.15) is 0 Å². The Morgan fingerprint density at radius 2 is 1.88 bits per heavy atom. The van der Waals surface area contributed by atoms with Gasteiger partial charge in [-0.15, -0.1) is 24.0 Å². The van der Waals surface area contributed by atoms with E-state index < -0.39 is 0 Å². The minimum Gasteiger partial charge on any atom is -0.361 e. The number of hydrogen-bond acceptors (Lipinski definition) is 2. The number of nitrogens with one attached hydrogen (secondary N) is 3. The molecule has 0 saturated carbocycles. The molecule has 0 aliphatic carbocycles. The van der Waals surface area contributed by atoms with Crippen molar-refractivity contribution in [2.24, 2.45) is 4.99 Å². The smallest absolute Gasteiger partial charge is 0.222 e. The van der Waals surface area contributed by atoms with Crippen LogP contribution in [0.3, 0.4) is 0 Å². The number of nitrogens with zero attached hydrogens (tertiary/aromatic N) is 2. The van der Waals surface area contributed by atoms with E-state index in [9.17, 15) is 4.79 Å². The van der Waals surface area contributed by atoms with E-state index in [1.54, 1.807) is 7.05 Å². The van der Waals surface area contributed by atoms with Gasteiger partial charge in [0.1, 0.15) is 0 Å². The second-order valence-electron chi connectivity index (χ2n) is 8.42. The van der Waals surface area contributed by atoms with Gasteiger partial charge in [0.15, 0.2) is 5.96 Å². The number of aliphatic imine (C=N–C) groups is 1. The van der Waals surface area contributed by atoms with Crippen LogP contribution in [0.5, 0.6) is 0 Å². The fourth-order valence-corrected chi connectivity index (χ4v) is 4.42. The van der Waals surface area contributed by atoms with Crippen LogP contribution in [0, 0.1) is 6.92 Å². The first kappa shape index (κ1) is 25.1. The number of carbonyl (C=O) groups is 1. The fraction of sp³-hybridized carbons (Fsp3) is 0.385. The molecule has 0 saturated heterocycles. The molecule has 3 aromatic rings. The maximum atomic E-state index is 12.6. The van der Waals surface area contributed by atoms with Gasteiger partial charge in [0, 0.05) is 56.7 Å². The molecule has 2 heterocycles. The van der Waals surface area contributed by atoms with Gasteiger partial charge < -0.3 is 20.5 Å². The van der Waals surface area contributed by atoms with Crippen LogP contribution in [0.2, 0.25) is 0 Å². The van der Waals surface area contributed by atoms with Crippen LogP contribution in [0.4, 0.5) is 0 Å². The van der Waals surface area contributed by atoms with Crippen LogP contribution in [0.25, 0.3) is 10.9 Å². The molecule has 1 aliphatic rings. The monoisotopic (exact) mass is 559 g/mol. The maximum absolute atomic E-state index is 12.6. The second-order valence-corrected chi connectivity index (χ2v) is 8.42. The number of benzene rings is 2. The molecule has 0 fully saturated rings. The van der Waals surface area contributed by atoms with E-state index in [4.69, 9.17) is 0 Å². The number of carbonyl (C=O) groups excluding carboxylic acids is 1. The summed E-state index contributed by atoms with van der Waals surface area (Å²) in [5, 5.41) is 7.99. The Labute approximate surface area is 213 Å². The molecular formula is C26H34IN5O. The summed E-state index contributed by atoms with van der Waals surface area (Å²) in [6.07, 6.45) is 5.31. The number of amides is 1. The molecule has 2 aromatic carbocycles. The van der Waals surface area contributed by atoms with E-state index >= 15 is 0 Å². The number of H-pyrrole nitrogens is 1. The average molecular weight is 559 g/mol. The van der Waals surface area contributed by atoms with Crippen LogP contribution in [0.1, 0.15) is 35.1 Å². The first-order chi connectivity index (χ1) is 15.7. The SMILES string of the molecule is CN=C(NCCCC(=O)N1CCc2ccccc2C1)NCCc1c[nH]c2c(C)cccc12.I. The minimum atomic E-state index is 0. The average Bonchev–Trinajstić information content (AvgIpc) is 3.24. The van der Waals surface area contributed by atoms with Gasteiger partial charge in [0.25, 0.3) is 0 Å². The maximum Gasteiger partial charge on any atom is 0.222 e. The van der Waals surface area contributed by atoms with Crippen LogP contribution in [-0.2, 0) is 24.2 Å². The van der Waals surface area contributed by atoms with Crippen molar-refractivity contribution in [3.8, 4) is 0 Å². The summed E-state index contributed by atoms with van der Waals surface area (Å²) in [4.78, 5) is 22.3. The molecule has 1 aliphatic heterocycles. The number of halogens is 1. The van der Waals surface area contributed by atoms with Crippen molar-refractivity contribution in [3.63, 3.8) is 0 Å². The second kappa shape index (κ2) is 12.1. The highest BCUT2D eigenvalue weighted by molar-refractivity contribution is 14.0. The summed E-state index contributed by atoms with van der Waals surface area (Å²) in [6, 6.07) is 14.8. The van der Waals surface area contributed by atoms with Gasteiger partial charge in [-0.1, -0.05) is 42.5 Å². The van der Waals surface area contributed by atoms with Crippen molar-refractivity contribution in [2.75, 3.05) is 26.7 Å². The Kier molecular flexibility index (Phi) is 9.17. The molecule has 33 heavy (non-hydrogen) atoms. The van der Waals surface area contributed by atoms with Crippen molar-refractivity contribution >= 4 is 46.7 Å². The zero-order valence-corrected chi connectivity index (χ0v) is 21.8. The molecule has 0 spiro atoms. The lowest BCUT2D eigenvalue weighted by atomic mass is 9.99. The standard InChI is InChI=1S/C26H33N5O.HI/c1-19-7-5-10-23-21(17-30-25(19)23)12-15-29-26(27-2)28-14-6-11-24(32)31-16-13-20-8-3-4-9-22(20)18-31;/h3-5,7-10,17,30H,6,11-16,18H2,1-2H3,(H2,27,28,29);1H. The predicted molar refractivity (Wildman–Crippen MR) is 146 cm³/mol. The van der Waals surface area contributed by atoms with Crippen molar-refractivity contribution < 1.29 is 4.79 Å². The first-order valence-electron chi connectivity index (χ1n) is 11.5. The largest absolute Gasteiger partial charge is 0.361 e. The Bertz CT molecular complexity index is 1110. The molecule has 7 heteroatoms. The lowest BCUT2D eigenvalue weighted by Crippen LogP contribution is -2.39. The van der Waals surface area contributed by atoms with E-state index in [0.29, 0.717) is 6.42 Å². The molecule has 0 atom stereocenters. The van der Waals surface area contributed by atoms with E-state index in [2.05, 4.69) is 76.2 Å². The third-order valence-corrected chi connectivity index (χ3v) is 6.26. The van der Waals surface area contributed by atoms with Crippen LogP contribution in [0.15, 0.2) is 53.7 Å². The molecule has 1 aromatic heterocycles. The summed E-state index contributed by atoms with van der Waals surface area (Å²) in [6.45, 7) is 5.20. The van der Waals surface area contributed by atoms with Crippen molar-refractivity contribution in [1.82, 2.24) is 20.5 Å². The predicted octanol–water partition coefficient (Wildman–Crippen LogP) is 4.17. The van der Waals surface area contributed by atoms with Gasteiger partial charge in [0.05, 0.1) is 0 Å². The summed E-state index contributed by atoms with van der Waals surface area (Å²) in [7, 11) is 1.78. The van der Waals surface area contributed by atoms with Gasteiger partial charge >= 0.3 is 0 Å². The molecule has 4 rings (SSSR count). The van der Waals surface area contributed by atoms with Crippen molar-refractivity contribution in [2.45, 2.75) is 39.2 Å². The number of rotatable bonds is 7. The van der Waals surface area contributed by atoms with Gasteiger partial charge in [-0.25, -0.2) is 0 Å². The van der Waals surface area contributed by atoms with Crippen molar-refractivity contribution in [3.05, 3.63) is 70.9 Å². The lowest BCUT2D eigenvalue weighted by Gasteiger charge is -2.29. The van der Waals surface area contributed by atoms with Gasteiger partial charge in [0.2, 0.25) is 5.91 Å². The number of aromatic amines is 1. The number of aryl methyl sites for hydroxylation is 1. The summed E-state index contributed by atoms with van der Waals surface area (Å²) in [5.74, 6) is 1.01. The van der Waals surface area contributed by atoms with Crippen molar-refractivity contribution in [1.29, 1.82) is 0 Å². The summed E-state index contributed by atoms with van der Waals surface area (Å²) in [5.41, 5.74) is 6.44. The van der Waals surface area contributed by atoms with E-state index in [1.807, 2.05) is 4.90 Å². The molecule has 6 nitrogen and oxygen atoms in total. The Balaban J connectivity index is 0.00000306. The van der Waals surface area contributed by atoms with Gasteiger partial charge in [-0.3, -0.25) is 9.79 Å². The van der Waals surface area contributed by atoms with Gasteiger partial charge in [-0.05, 0) is 48.4 Å². The van der Waals surface area contributed by atoms with Crippen LogP contribution < -0.4 is 10.6 Å². The fourth-order valence-electron chi connectivity index (χ4n) is 4.42. The third kappa shape index (κ3) is 6.28. The minimum absolute atomic E-state index is 0. The van der Waals surface area contributed by atoms with E-state index in [0.717, 1.165) is 51.4 Å². The topological polar surface area (TPSA) is 72.5 Å². The molecule has 176 valence electrons. The highest BCUT2D eigenvalue weighted by Crippen LogP contribution is 2.21. The molecule has 3 N–H and O–H groups in total. The number of guanidine groups is 1. The van der Waals surface area contributed by atoms with Crippen LogP contribution >= 0.6 is 24.0 Å². The Hall–Kier alpha value is -2.55. The zero-order valence-electron chi connectivity index (χ0n) is 19.5. The first-order valence-corrected chi connectivity index (χ1v) is 11.5. The molecule has 0 bridgehead atoms.